The molecular weight excluding hydrogens is 288 g/mol. The molecule has 1 aliphatic heterocycles. The number of aliphatic hydroxyl groups excluding tert-OH is 4. The summed E-state index contributed by atoms with van der Waals surface area (Å²) < 4.78 is 10.1. The summed E-state index contributed by atoms with van der Waals surface area (Å²) in [5.41, 5.74) is -1.83. The lowest BCUT2D eigenvalue weighted by atomic mass is 9.91. The number of rotatable bonds is 9. The minimum absolute atomic E-state index is 0.141. The first-order chi connectivity index (χ1) is 9.96. The van der Waals surface area contributed by atoms with Crippen molar-refractivity contribution in [2.75, 3.05) is 19.8 Å². The first-order valence-corrected chi connectivity index (χ1v) is 6.07. The maximum atomic E-state index is 11.7. The minimum Gasteiger partial charge on any atom is -0.487 e. The molecule has 120 valence electrons. The molecule has 0 saturated carbocycles. The van der Waals surface area contributed by atoms with Gasteiger partial charge in [0.05, 0.1) is 13.2 Å². The van der Waals surface area contributed by atoms with Crippen molar-refractivity contribution in [3.63, 3.8) is 0 Å². The van der Waals surface area contributed by atoms with Gasteiger partial charge >= 0.3 is 5.97 Å². The van der Waals surface area contributed by atoms with Crippen molar-refractivity contribution in [1.29, 1.82) is 0 Å². The number of hydrogen-bond acceptors (Lipinski definition) is 9. The van der Waals surface area contributed by atoms with Gasteiger partial charge in [0.1, 0.15) is 18.8 Å². The van der Waals surface area contributed by atoms with E-state index in [-0.39, 0.29) is 6.42 Å². The van der Waals surface area contributed by atoms with E-state index in [1.807, 2.05) is 0 Å². The Hall–Kier alpha value is -1.65. The first kappa shape index (κ1) is 17.4. The van der Waals surface area contributed by atoms with Crippen molar-refractivity contribution in [2.24, 2.45) is 0 Å². The summed E-state index contributed by atoms with van der Waals surface area (Å²) in [5, 5.41) is 45.8. The highest BCUT2D eigenvalue weighted by Gasteiger charge is 2.55. The van der Waals surface area contributed by atoms with E-state index in [0.29, 0.717) is 0 Å². The molecule has 1 rings (SSSR count). The van der Waals surface area contributed by atoms with Crippen molar-refractivity contribution in [3.05, 3.63) is 24.2 Å². The van der Waals surface area contributed by atoms with E-state index in [0.717, 1.165) is 0 Å². The predicted octanol–water partition coefficient (Wildman–Crippen LogP) is -1.72. The van der Waals surface area contributed by atoms with Crippen LogP contribution >= 0.6 is 0 Å². The summed E-state index contributed by atoms with van der Waals surface area (Å²) in [6.07, 6.45) is -1.68. The van der Waals surface area contributed by atoms with Crippen LogP contribution in [0.2, 0.25) is 0 Å². The smallest absolute Gasteiger partial charge is 0.382 e. The van der Waals surface area contributed by atoms with Crippen LogP contribution in [0.3, 0.4) is 0 Å². The summed E-state index contributed by atoms with van der Waals surface area (Å²) in [7, 11) is 0. The van der Waals surface area contributed by atoms with E-state index in [1.54, 1.807) is 0 Å². The van der Waals surface area contributed by atoms with Crippen LogP contribution in [0.15, 0.2) is 24.2 Å². The van der Waals surface area contributed by atoms with Gasteiger partial charge < -0.3 is 34.8 Å². The normalized spacial score (nSPS) is 24.5. The molecule has 1 heterocycles. The van der Waals surface area contributed by atoms with Gasteiger partial charge in [-0.25, -0.2) is 10.1 Å². The Labute approximate surface area is 120 Å². The molecule has 0 amide bonds. The average molecular weight is 306 g/mol. The quantitative estimate of drug-likeness (QED) is 0.145. The van der Waals surface area contributed by atoms with E-state index < -0.39 is 55.1 Å². The third-order valence-corrected chi connectivity index (χ3v) is 2.93. The fraction of sp³-hybridized carbons (Fsp3) is 0.583. The molecule has 1 unspecified atom stereocenters. The topological polar surface area (TPSA) is 146 Å². The number of hydrogen-bond donors (Lipinski definition) is 5. The summed E-state index contributed by atoms with van der Waals surface area (Å²) in [5.74, 6) is -2.22. The third-order valence-electron chi connectivity index (χ3n) is 2.93. The lowest BCUT2D eigenvalue weighted by molar-refractivity contribution is -0.211. The van der Waals surface area contributed by atoms with Crippen molar-refractivity contribution in [3.8, 4) is 0 Å². The molecule has 9 heteroatoms. The van der Waals surface area contributed by atoms with E-state index in [9.17, 15) is 15.0 Å². The monoisotopic (exact) mass is 306 g/mol. The van der Waals surface area contributed by atoms with Crippen LogP contribution in [-0.2, 0) is 19.2 Å². The van der Waals surface area contributed by atoms with Crippen LogP contribution in [0.25, 0.3) is 0 Å². The van der Waals surface area contributed by atoms with Gasteiger partial charge in [-0.05, 0) is 0 Å². The second kappa shape index (κ2) is 7.38. The Kier molecular flexibility index (Phi) is 6.12. The summed E-state index contributed by atoms with van der Waals surface area (Å²) in [6.45, 7) is 1.63. The molecule has 21 heavy (non-hydrogen) atoms. The lowest BCUT2D eigenvalue weighted by Crippen LogP contribution is -2.47. The maximum absolute atomic E-state index is 11.7. The highest BCUT2D eigenvalue weighted by atomic mass is 17.1. The Bertz CT molecular complexity index is 419. The molecule has 0 aromatic heterocycles. The second-order valence-corrected chi connectivity index (χ2v) is 4.37. The van der Waals surface area contributed by atoms with Crippen molar-refractivity contribution in [1.82, 2.24) is 0 Å². The zero-order valence-electron chi connectivity index (χ0n) is 11.1. The molecular formula is C12H18O9. The van der Waals surface area contributed by atoms with E-state index in [1.165, 1.54) is 6.08 Å². The standard InChI is InChI=1S/C12H18O9/c1-2-3-12(8(16)5-14)10(19-6-7(15)4-13)9(21-18)11(17)20-12/h2,7-8,13-16,18H,1,3-6H2/t7?,8-,12+/m0/s1. The molecule has 0 radical (unpaired) electrons. The Morgan fingerprint density at radius 1 is 1.33 bits per heavy atom. The van der Waals surface area contributed by atoms with Crippen LogP contribution < -0.4 is 0 Å². The number of esters is 1. The number of aliphatic hydroxyl groups is 4. The number of ether oxygens (including phenoxy) is 2. The third kappa shape index (κ3) is 3.34. The zero-order chi connectivity index (χ0) is 16.0. The number of cyclic esters (lactones) is 1. The van der Waals surface area contributed by atoms with Gasteiger partial charge in [0, 0.05) is 6.42 Å². The number of carbonyl (C=O) groups excluding carboxylic acids is 1. The van der Waals surface area contributed by atoms with Gasteiger partial charge in [0.2, 0.25) is 5.60 Å². The molecule has 5 N–H and O–H groups in total. The van der Waals surface area contributed by atoms with E-state index in [4.69, 9.17) is 24.9 Å². The molecule has 0 saturated heterocycles. The van der Waals surface area contributed by atoms with Gasteiger partial charge in [-0.2, -0.15) is 0 Å². The highest BCUT2D eigenvalue weighted by molar-refractivity contribution is 5.90. The van der Waals surface area contributed by atoms with E-state index in [2.05, 4.69) is 11.5 Å². The van der Waals surface area contributed by atoms with Crippen LogP contribution in [-0.4, -0.2) is 69.3 Å². The van der Waals surface area contributed by atoms with E-state index >= 15 is 0 Å². The molecule has 9 nitrogen and oxygen atoms in total. The molecule has 1 aliphatic rings. The van der Waals surface area contributed by atoms with Crippen LogP contribution in [0.4, 0.5) is 0 Å². The van der Waals surface area contributed by atoms with Gasteiger partial charge in [0.25, 0.3) is 5.76 Å². The summed E-state index contributed by atoms with van der Waals surface area (Å²) in [4.78, 5) is 15.6. The molecule has 0 aliphatic carbocycles. The van der Waals surface area contributed by atoms with Gasteiger partial charge in [-0.1, -0.05) is 6.08 Å². The van der Waals surface area contributed by atoms with Crippen LogP contribution in [0.1, 0.15) is 6.42 Å². The SMILES string of the molecule is C=CC[C@]1([C@@H](O)CO)OC(=O)C(OO)=C1OCC(O)CO. The Morgan fingerprint density at radius 2 is 2.00 bits per heavy atom. The molecule has 0 fully saturated rings. The molecule has 0 spiro atoms. The average Bonchev–Trinajstić information content (AvgIpc) is 2.76. The van der Waals surface area contributed by atoms with Crippen molar-refractivity contribution in [2.45, 2.75) is 24.2 Å². The molecule has 0 aromatic carbocycles. The fourth-order valence-corrected chi connectivity index (χ4v) is 1.89. The van der Waals surface area contributed by atoms with Gasteiger partial charge in [-0.15, -0.1) is 6.58 Å². The zero-order valence-corrected chi connectivity index (χ0v) is 11.1. The van der Waals surface area contributed by atoms with Crippen LogP contribution in [0, 0.1) is 0 Å². The largest absolute Gasteiger partial charge is 0.487 e. The van der Waals surface area contributed by atoms with Crippen molar-refractivity contribution < 1.29 is 44.8 Å². The summed E-state index contributed by atoms with van der Waals surface area (Å²) in [6, 6.07) is 0. The minimum atomic E-state index is -1.83. The highest BCUT2D eigenvalue weighted by Crippen LogP contribution is 2.39. The Balaban J connectivity index is 3.18. The molecule has 3 atom stereocenters. The van der Waals surface area contributed by atoms with Gasteiger partial charge in [-0.3, -0.25) is 0 Å². The molecule has 0 bridgehead atoms. The first-order valence-electron chi connectivity index (χ1n) is 6.07. The fourth-order valence-electron chi connectivity index (χ4n) is 1.89. The maximum Gasteiger partial charge on any atom is 0.382 e. The van der Waals surface area contributed by atoms with Crippen molar-refractivity contribution >= 4 is 5.97 Å². The van der Waals surface area contributed by atoms with Crippen LogP contribution in [0.5, 0.6) is 0 Å². The second-order valence-electron chi connectivity index (χ2n) is 4.37. The Morgan fingerprint density at radius 3 is 2.48 bits per heavy atom. The van der Waals surface area contributed by atoms with Gasteiger partial charge in [0.15, 0.2) is 5.76 Å². The summed E-state index contributed by atoms with van der Waals surface area (Å²) >= 11 is 0. The predicted molar refractivity (Wildman–Crippen MR) is 66.5 cm³/mol. The molecule has 0 aromatic rings. The lowest BCUT2D eigenvalue weighted by Gasteiger charge is -2.32. The number of carbonyl (C=O) groups is 1.